The minimum absolute atomic E-state index is 0.0879. The highest BCUT2D eigenvalue weighted by Crippen LogP contribution is 2.49. The highest BCUT2D eigenvalue weighted by atomic mass is 19.4. The third-order valence-corrected chi connectivity index (χ3v) is 5.97. The molecule has 2 fully saturated rings. The molecule has 0 bridgehead atoms. The van der Waals surface area contributed by atoms with E-state index >= 15 is 0 Å². The van der Waals surface area contributed by atoms with Gasteiger partial charge >= 0.3 is 12.1 Å². The van der Waals surface area contributed by atoms with Crippen molar-refractivity contribution in [1.82, 2.24) is 4.98 Å². The number of carboxylic acid groups (broad SMARTS) is 1. The summed E-state index contributed by atoms with van der Waals surface area (Å²) < 4.78 is 40.1. The topological polar surface area (TPSA) is 53.4 Å². The van der Waals surface area contributed by atoms with E-state index in [0.717, 1.165) is 0 Å². The van der Waals surface area contributed by atoms with Crippen LogP contribution in [-0.2, 0) is 6.18 Å². The van der Waals surface area contributed by atoms with Crippen molar-refractivity contribution in [3.05, 3.63) is 58.8 Å². The van der Waals surface area contributed by atoms with Crippen LogP contribution in [0.5, 0.6) is 0 Å². The second-order valence-electron chi connectivity index (χ2n) is 7.84. The van der Waals surface area contributed by atoms with E-state index in [2.05, 4.69) is 9.88 Å². The standard InChI is InChI=1S/C21H21F3N2O2/c1-12-6-14(20(27)28)9-19(25-12)26-10-15-7-13(8-16(15)11-26)17-4-2-3-5-18(17)21(22,23)24/h2-6,9,13,15-16H,7-8,10-11H2,1H3,(H,27,28)/t13-,15+,16-. The summed E-state index contributed by atoms with van der Waals surface area (Å²) in [5.74, 6) is 0.146. The molecule has 0 unspecified atom stereocenters. The second kappa shape index (κ2) is 6.79. The molecular weight excluding hydrogens is 369 g/mol. The number of nitrogens with zero attached hydrogens (tertiary/aromatic N) is 2. The molecule has 4 rings (SSSR count). The van der Waals surface area contributed by atoms with E-state index in [0.29, 0.717) is 54.8 Å². The van der Waals surface area contributed by atoms with Crippen molar-refractivity contribution in [1.29, 1.82) is 0 Å². The molecule has 1 saturated heterocycles. The Morgan fingerprint density at radius 3 is 2.39 bits per heavy atom. The van der Waals surface area contributed by atoms with Gasteiger partial charge in [0.15, 0.2) is 0 Å². The van der Waals surface area contributed by atoms with Crippen LogP contribution in [-0.4, -0.2) is 29.1 Å². The molecule has 1 saturated carbocycles. The van der Waals surface area contributed by atoms with Crippen LogP contribution in [0.2, 0.25) is 0 Å². The number of halogens is 3. The summed E-state index contributed by atoms with van der Waals surface area (Å²) in [6.07, 6.45) is -2.91. The molecule has 1 aromatic heterocycles. The zero-order chi connectivity index (χ0) is 20.1. The lowest BCUT2D eigenvalue weighted by atomic mass is 9.91. The molecule has 1 aliphatic carbocycles. The van der Waals surface area contributed by atoms with Gasteiger partial charge in [-0.15, -0.1) is 0 Å². The average Bonchev–Trinajstić information content (AvgIpc) is 3.19. The lowest BCUT2D eigenvalue weighted by molar-refractivity contribution is -0.138. The molecule has 1 N–H and O–H groups in total. The van der Waals surface area contributed by atoms with Crippen LogP contribution >= 0.6 is 0 Å². The van der Waals surface area contributed by atoms with Crippen LogP contribution in [0.4, 0.5) is 19.0 Å². The molecule has 1 aliphatic heterocycles. The Balaban J connectivity index is 1.51. The number of benzene rings is 1. The van der Waals surface area contributed by atoms with Gasteiger partial charge in [0.1, 0.15) is 5.82 Å². The number of carboxylic acids is 1. The van der Waals surface area contributed by atoms with Gasteiger partial charge in [-0.25, -0.2) is 9.78 Å². The Kier molecular flexibility index (Phi) is 4.56. The molecule has 0 radical (unpaired) electrons. The monoisotopic (exact) mass is 390 g/mol. The van der Waals surface area contributed by atoms with Gasteiger partial charge < -0.3 is 10.0 Å². The number of carbonyl (C=O) groups is 1. The fourth-order valence-electron chi connectivity index (χ4n) is 4.79. The van der Waals surface area contributed by atoms with Crippen molar-refractivity contribution in [3.8, 4) is 0 Å². The Hall–Kier alpha value is -2.57. The summed E-state index contributed by atoms with van der Waals surface area (Å²) in [6, 6.07) is 9.00. The van der Waals surface area contributed by atoms with Crippen molar-refractivity contribution in [2.75, 3.05) is 18.0 Å². The van der Waals surface area contributed by atoms with E-state index in [1.54, 1.807) is 25.1 Å². The molecule has 28 heavy (non-hydrogen) atoms. The van der Waals surface area contributed by atoms with Crippen LogP contribution in [0.15, 0.2) is 36.4 Å². The van der Waals surface area contributed by atoms with Gasteiger partial charge in [-0.2, -0.15) is 13.2 Å². The molecule has 2 aliphatic rings. The van der Waals surface area contributed by atoms with E-state index in [9.17, 15) is 23.1 Å². The second-order valence-corrected chi connectivity index (χ2v) is 7.84. The number of alkyl halides is 3. The smallest absolute Gasteiger partial charge is 0.416 e. The number of pyridine rings is 1. The van der Waals surface area contributed by atoms with E-state index in [-0.39, 0.29) is 11.5 Å². The maximum absolute atomic E-state index is 13.4. The molecular formula is C21H21F3N2O2. The maximum atomic E-state index is 13.4. The summed E-state index contributed by atoms with van der Waals surface area (Å²) in [5.41, 5.74) is 0.724. The van der Waals surface area contributed by atoms with Crippen molar-refractivity contribution >= 4 is 11.8 Å². The van der Waals surface area contributed by atoms with Crippen LogP contribution in [0.25, 0.3) is 0 Å². The minimum Gasteiger partial charge on any atom is -0.478 e. The van der Waals surface area contributed by atoms with Crippen molar-refractivity contribution in [2.45, 2.75) is 31.9 Å². The summed E-state index contributed by atoms with van der Waals surface area (Å²) in [6.45, 7) is 3.16. The number of hydrogen-bond acceptors (Lipinski definition) is 3. The first-order valence-electron chi connectivity index (χ1n) is 9.35. The Bertz CT molecular complexity index is 899. The summed E-state index contributed by atoms with van der Waals surface area (Å²) in [5, 5.41) is 9.25. The van der Waals surface area contributed by atoms with E-state index < -0.39 is 17.7 Å². The summed E-state index contributed by atoms with van der Waals surface area (Å²) >= 11 is 0. The van der Waals surface area contributed by atoms with Crippen molar-refractivity contribution < 1.29 is 23.1 Å². The van der Waals surface area contributed by atoms with Gasteiger partial charge in [0, 0.05) is 18.8 Å². The quantitative estimate of drug-likeness (QED) is 0.823. The van der Waals surface area contributed by atoms with Crippen molar-refractivity contribution in [3.63, 3.8) is 0 Å². The fourth-order valence-corrected chi connectivity index (χ4v) is 4.79. The zero-order valence-corrected chi connectivity index (χ0v) is 15.4. The SMILES string of the molecule is Cc1cc(C(=O)O)cc(N2C[C@H]3C[C@H](c4ccccc4C(F)(F)F)C[C@H]3C2)n1. The van der Waals surface area contributed by atoms with Gasteiger partial charge in [0.2, 0.25) is 0 Å². The van der Waals surface area contributed by atoms with Crippen molar-refractivity contribution in [2.24, 2.45) is 11.8 Å². The van der Waals surface area contributed by atoms with Crippen LogP contribution in [0.3, 0.4) is 0 Å². The number of anilines is 1. The van der Waals surface area contributed by atoms with E-state index in [1.165, 1.54) is 18.2 Å². The molecule has 2 heterocycles. The number of fused-ring (bicyclic) bond motifs is 1. The normalized spacial score (nSPS) is 24.4. The fraction of sp³-hybridized carbons (Fsp3) is 0.429. The molecule has 1 aromatic carbocycles. The highest BCUT2D eigenvalue weighted by molar-refractivity contribution is 5.88. The lowest BCUT2D eigenvalue weighted by Gasteiger charge is -2.22. The van der Waals surface area contributed by atoms with E-state index in [4.69, 9.17) is 0 Å². The first-order chi connectivity index (χ1) is 13.2. The largest absolute Gasteiger partial charge is 0.478 e. The Morgan fingerprint density at radius 1 is 1.14 bits per heavy atom. The molecule has 148 valence electrons. The van der Waals surface area contributed by atoms with Gasteiger partial charge in [0.05, 0.1) is 11.1 Å². The molecule has 4 nitrogen and oxygen atoms in total. The number of hydrogen-bond donors (Lipinski definition) is 1. The number of aromatic carboxylic acids is 1. The molecule has 0 amide bonds. The molecule has 2 aromatic rings. The number of aryl methyl sites for hydroxylation is 1. The third kappa shape index (κ3) is 3.45. The molecule has 3 atom stereocenters. The van der Waals surface area contributed by atoms with Crippen LogP contribution in [0.1, 0.15) is 45.9 Å². The number of aromatic nitrogens is 1. The zero-order valence-electron chi connectivity index (χ0n) is 15.4. The predicted octanol–water partition coefficient (Wildman–Crippen LogP) is 4.74. The van der Waals surface area contributed by atoms with Gasteiger partial charge in [-0.3, -0.25) is 0 Å². The Labute approximate surface area is 161 Å². The first kappa shape index (κ1) is 18.8. The van der Waals surface area contributed by atoms with Gasteiger partial charge in [-0.05, 0) is 61.3 Å². The first-order valence-corrected chi connectivity index (χ1v) is 9.35. The van der Waals surface area contributed by atoms with Gasteiger partial charge in [0.25, 0.3) is 0 Å². The summed E-state index contributed by atoms with van der Waals surface area (Å²) in [7, 11) is 0. The lowest BCUT2D eigenvalue weighted by Crippen LogP contribution is -2.23. The van der Waals surface area contributed by atoms with Crippen LogP contribution in [0, 0.1) is 18.8 Å². The highest BCUT2D eigenvalue weighted by Gasteiger charge is 2.44. The van der Waals surface area contributed by atoms with Gasteiger partial charge in [-0.1, -0.05) is 18.2 Å². The predicted molar refractivity (Wildman–Crippen MR) is 98.5 cm³/mol. The number of rotatable bonds is 3. The molecule has 7 heteroatoms. The Morgan fingerprint density at radius 2 is 1.79 bits per heavy atom. The average molecular weight is 390 g/mol. The summed E-state index contributed by atoms with van der Waals surface area (Å²) in [4.78, 5) is 17.8. The molecule has 0 spiro atoms. The minimum atomic E-state index is -4.33. The van der Waals surface area contributed by atoms with E-state index in [1.807, 2.05) is 0 Å². The third-order valence-electron chi connectivity index (χ3n) is 5.97. The van der Waals surface area contributed by atoms with Crippen LogP contribution < -0.4 is 4.90 Å². The maximum Gasteiger partial charge on any atom is 0.416 e.